The minimum absolute atomic E-state index is 0.169. The SMILES string of the molecule is Cc1cccc(CN(C(=O)CN(c2cc(C)ccc2C)S(=O)(=O)N(C)C)C(C)C(=O)NC(C)(C)C)c1. The molecule has 1 N–H and O–H groups in total. The lowest BCUT2D eigenvalue weighted by Crippen LogP contribution is -2.55. The van der Waals surface area contributed by atoms with Crippen LogP contribution in [0.4, 0.5) is 5.69 Å². The number of anilines is 1. The van der Waals surface area contributed by atoms with Gasteiger partial charge in [-0.05, 0) is 71.2 Å². The van der Waals surface area contributed by atoms with Crippen LogP contribution < -0.4 is 9.62 Å². The molecule has 2 rings (SSSR count). The number of carbonyl (C=O) groups excluding carboxylic acids is 2. The second kappa shape index (κ2) is 11.4. The number of benzene rings is 2. The quantitative estimate of drug-likeness (QED) is 0.552. The molecular formula is C27H40N4O4S. The highest BCUT2D eigenvalue weighted by atomic mass is 32.2. The lowest BCUT2D eigenvalue weighted by atomic mass is 10.1. The van der Waals surface area contributed by atoms with E-state index in [2.05, 4.69) is 5.32 Å². The molecule has 2 aromatic carbocycles. The maximum atomic E-state index is 13.8. The minimum atomic E-state index is -4.00. The van der Waals surface area contributed by atoms with Crippen molar-refractivity contribution in [2.45, 2.75) is 66.6 Å². The Morgan fingerprint density at radius 2 is 1.58 bits per heavy atom. The molecule has 0 fully saturated rings. The molecule has 1 atom stereocenters. The summed E-state index contributed by atoms with van der Waals surface area (Å²) < 4.78 is 28.9. The van der Waals surface area contributed by atoms with Gasteiger partial charge in [0.25, 0.3) is 0 Å². The fourth-order valence-corrected chi connectivity index (χ4v) is 4.87. The molecule has 0 aromatic heterocycles. The second-order valence-electron chi connectivity index (χ2n) is 10.5. The first-order valence-corrected chi connectivity index (χ1v) is 13.4. The predicted molar refractivity (Wildman–Crippen MR) is 145 cm³/mol. The van der Waals surface area contributed by atoms with Gasteiger partial charge >= 0.3 is 10.2 Å². The first-order chi connectivity index (χ1) is 16.5. The summed E-state index contributed by atoms with van der Waals surface area (Å²) >= 11 is 0. The van der Waals surface area contributed by atoms with E-state index in [1.165, 1.54) is 19.0 Å². The molecule has 0 aliphatic rings. The van der Waals surface area contributed by atoms with Crippen LogP contribution in [0.25, 0.3) is 0 Å². The van der Waals surface area contributed by atoms with Crippen LogP contribution in [0.3, 0.4) is 0 Å². The van der Waals surface area contributed by atoms with Crippen LogP contribution >= 0.6 is 0 Å². The lowest BCUT2D eigenvalue weighted by molar-refractivity contribution is -0.140. The first-order valence-electron chi connectivity index (χ1n) is 12.0. The molecule has 0 aliphatic carbocycles. The fourth-order valence-electron chi connectivity index (χ4n) is 3.75. The molecule has 0 radical (unpaired) electrons. The van der Waals surface area contributed by atoms with Gasteiger partial charge in [-0.1, -0.05) is 42.0 Å². The molecule has 0 heterocycles. The van der Waals surface area contributed by atoms with Gasteiger partial charge in [0.2, 0.25) is 11.8 Å². The molecule has 0 aliphatic heterocycles. The van der Waals surface area contributed by atoms with Crippen LogP contribution in [0, 0.1) is 20.8 Å². The number of nitrogens with one attached hydrogen (secondary N) is 1. The molecule has 198 valence electrons. The summed E-state index contributed by atoms with van der Waals surface area (Å²) in [5, 5.41) is 2.93. The average molecular weight is 517 g/mol. The minimum Gasteiger partial charge on any atom is -0.350 e. The summed E-state index contributed by atoms with van der Waals surface area (Å²) in [5.41, 5.74) is 3.42. The molecule has 36 heavy (non-hydrogen) atoms. The summed E-state index contributed by atoms with van der Waals surface area (Å²) in [6.07, 6.45) is 0. The number of hydrogen-bond acceptors (Lipinski definition) is 4. The number of nitrogens with zero attached hydrogens (tertiary/aromatic N) is 3. The van der Waals surface area contributed by atoms with Crippen LogP contribution in [-0.2, 0) is 26.3 Å². The van der Waals surface area contributed by atoms with Gasteiger partial charge in [-0.15, -0.1) is 0 Å². The van der Waals surface area contributed by atoms with Crippen molar-refractivity contribution in [3.8, 4) is 0 Å². The highest BCUT2D eigenvalue weighted by Crippen LogP contribution is 2.26. The Kier molecular flexibility index (Phi) is 9.31. The van der Waals surface area contributed by atoms with Gasteiger partial charge < -0.3 is 10.2 Å². The Hall–Kier alpha value is -2.91. The molecular weight excluding hydrogens is 476 g/mol. The number of amides is 2. The van der Waals surface area contributed by atoms with Crippen LogP contribution in [-0.4, -0.2) is 61.7 Å². The summed E-state index contributed by atoms with van der Waals surface area (Å²) in [6, 6.07) is 12.4. The van der Waals surface area contributed by atoms with Gasteiger partial charge in [0.05, 0.1) is 5.69 Å². The van der Waals surface area contributed by atoms with Crippen LogP contribution in [0.2, 0.25) is 0 Å². The first kappa shape index (κ1) is 29.3. The topological polar surface area (TPSA) is 90.0 Å². The van der Waals surface area contributed by atoms with E-state index in [-0.39, 0.29) is 12.5 Å². The van der Waals surface area contributed by atoms with Crippen LogP contribution in [0.5, 0.6) is 0 Å². The number of hydrogen-bond donors (Lipinski definition) is 1. The van der Waals surface area contributed by atoms with E-state index in [4.69, 9.17) is 0 Å². The monoisotopic (exact) mass is 516 g/mol. The van der Waals surface area contributed by atoms with Crippen LogP contribution in [0.15, 0.2) is 42.5 Å². The van der Waals surface area contributed by atoms with E-state index in [9.17, 15) is 18.0 Å². The average Bonchev–Trinajstić information content (AvgIpc) is 2.75. The van der Waals surface area contributed by atoms with Gasteiger partial charge in [-0.2, -0.15) is 12.7 Å². The Morgan fingerprint density at radius 3 is 2.14 bits per heavy atom. The van der Waals surface area contributed by atoms with E-state index in [1.54, 1.807) is 19.9 Å². The van der Waals surface area contributed by atoms with E-state index < -0.39 is 34.2 Å². The lowest BCUT2D eigenvalue weighted by Gasteiger charge is -2.34. The summed E-state index contributed by atoms with van der Waals surface area (Å²) in [7, 11) is -1.13. The molecule has 2 amide bonds. The number of rotatable bonds is 9. The van der Waals surface area contributed by atoms with Gasteiger partial charge in [0.1, 0.15) is 12.6 Å². The van der Waals surface area contributed by atoms with Crippen molar-refractivity contribution in [2.75, 3.05) is 24.9 Å². The molecule has 2 aromatic rings. The van der Waals surface area contributed by atoms with Crippen LogP contribution in [0.1, 0.15) is 49.9 Å². The number of aryl methyl sites for hydroxylation is 3. The molecule has 1 unspecified atom stereocenters. The van der Waals surface area contributed by atoms with Crippen molar-refractivity contribution in [1.82, 2.24) is 14.5 Å². The fraction of sp³-hybridized carbons (Fsp3) is 0.481. The maximum Gasteiger partial charge on any atom is 0.304 e. The summed E-state index contributed by atoms with van der Waals surface area (Å²) in [5.74, 6) is -0.781. The predicted octanol–water partition coefficient (Wildman–Crippen LogP) is 3.56. The third-order valence-corrected chi connectivity index (χ3v) is 7.56. The van der Waals surface area contributed by atoms with Crippen molar-refractivity contribution >= 4 is 27.7 Å². The Balaban J connectivity index is 2.53. The van der Waals surface area contributed by atoms with Gasteiger partial charge in [0, 0.05) is 26.2 Å². The third kappa shape index (κ3) is 7.54. The standard InChI is InChI=1S/C27H40N4O4S/c1-19-11-10-12-23(15-19)17-30(22(4)26(33)28-27(5,6)7)25(32)18-31(36(34,35)29(8)9)24-16-20(2)13-14-21(24)3/h10-16,22H,17-18H2,1-9H3,(H,28,33). The summed E-state index contributed by atoms with van der Waals surface area (Å²) in [6.45, 7) is 12.6. The van der Waals surface area contributed by atoms with Gasteiger partial charge in [-0.25, -0.2) is 4.31 Å². The number of carbonyl (C=O) groups is 2. The zero-order valence-electron chi connectivity index (χ0n) is 22.9. The van der Waals surface area contributed by atoms with Gasteiger partial charge in [-0.3, -0.25) is 9.59 Å². The largest absolute Gasteiger partial charge is 0.350 e. The van der Waals surface area contributed by atoms with Crippen molar-refractivity contribution in [3.63, 3.8) is 0 Å². The van der Waals surface area contributed by atoms with E-state index in [1.807, 2.05) is 71.0 Å². The Bertz CT molecular complexity index is 1200. The van der Waals surface area contributed by atoms with E-state index in [0.29, 0.717) is 5.69 Å². The molecule has 9 heteroatoms. The third-order valence-electron chi connectivity index (χ3n) is 5.75. The van der Waals surface area contributed by atoms with E-state index in [0.717, 1.165) is 30.9 Å². The second-order valence-corrected chi connectivity index (χ2v) is 12.6. The molecule has 0 saturated heterocycles. The van der Waals surface area contributed by atoms with Crippen molar-refractivity contribution < 1.29 is 18.0 Å². The zero-order chi connectivity index (χ0) is 27.4. The molecule has 0 spiro atoms. The van der Waals surface area contributed by atoms with Gasteiger partial charge in [0.15, 0.2) is 0 Å². The highest BCUT2D eigenvalue weighted by Gasteiger charge is 2.34. The maximum absolute atomic E-state index is 13.8. The molecule has 0 bridgehead atoms. The zero-order valence-corrected chi connectivity index (χ0v) is 23.7. The normalized spacial score (nSPS) is 12.8. The van der Waals surface area contributed by atoms with Crippen molar-refractivity contribution in [2.24, 2.45) is 0 Å². The highest BCUT2D eigenvalue weighted by molar-refractivity contribution is 7.90. The Morgan fingerprint density at radius 1 is 0.972 bits per heavy atom. The smallest absolute Gasteiger partial charge is 0.304 e. The molecule has 8 nitrogen and oxygen atoms in total. The van der Waals surface area contributed by atoms with E-state index >= 15 is 0 Å². The Labute approximate surface area is 216 Å². The molecule has 0 saturated carbocycles. The van der Waals surface area contributed by atoms with Crippen molar-refractivity contribution in [1.29, 1.82) is 0 Å². The summed E-state index contributed by atoms with van der Waals surface area (Å²) in [4.78, 5) is 28.3. The van der Waals surface area contributed by atoms with Crippen molar-refractivity contribution in [3.05, 3.63) is 64.7 Å².